The molecule has 3 rings (SSSR count). The maximum absolute atomic E-state index is 12.3. The molecule has 2 aromatic carbocycles. The average molecular weight is 327 g/mol. The summed E-state index contributed by atoms with van der Waals surface area (Å²) in [7, 11) is 0. The summed E-state index contributed by atoms with van der Waals surface area (Å²) in [5.41, 5.74) is 3.41. The molecular weight excluding hydrogens is 316 g/mol. The van der Waals surface area contributed by atoms with Crippen LogP contribution in [0.5, 0.6) is 0 Å². The monoisotopic (exact) mass is 326 g/mol. The highest BCUT2D eigenvalue weighted by molar-refractivity contribution is 9.10. The number of halogens is 1. The Labute approximate surface area is 125 Å². The van der Waals surface area contributed by atoms with Crippen LogP contribution in [0.4, 0.5) is 0 Å². The van der Waals surface area contributed by atoms with Gasteiger partial charge < -0.3 is 4.42 Å². The molecule has 1 aromatic heterocycles. The van der Waals surface area contributed by atoms with Gasteiger partial charge in [-0.3, -0.25) is 4.79 Å². The Morgan fingerprint density at radius 2 is 1.50 bits per heavy atom. The summed E-state index contributed by atoms with van der Waals surface area (Å²) in [6.07, 6.45) is 1.50. The van der Waals surface area contributed by atoms with Crippen molar-refractivity contribution in [1.82, 2.24) is 0 Å². The standard InChI is InChI=1S/C17H11BrO2/c18-17-15(10-11-20-17)16(19)14-8-6-13(7-9-14)12-4-2-1-3-5-12/h1-11H. The normalized spacial score (nSPS) is 10.4. The SMILES string of the molecule is O=C(c1ccc(-c2ccccc2)cc1)c1ccoc1Br. The van der Waals surface area contributed by atoms with Crippen LogP contribution < -0.4 is 0 Å². The molecule has 0 fully saturated rings. The van der Waals surface area contributed by atoms with E-state index >= 15 is 0 Å². The zero-order valence-electron chi connectivity index (χ0n) is 10.5. The zero-order valence-corrected chi connectivity index (χ0v) is 12.1. The van der Waals surface area contributed by atoms with Crippen molar-refractivity contribution in [2.45, 2.75) is 0 Å². The van der Waals surface area contributed by atoms with Crippen molar-refractivity contribution in [1.29, 1.82) is 0 Å². The minimum absolute atomic E-state index is 0.0507. The molecule has 0 radical (unpaired) electrons. The topological polar surface area (TPSA) is 30.2 Å². The molecule has 0 amide bonds. The van der Waals surface area contributed by atoms with Gasteiger partial charge in [-0.05, 0) is 33.1 Å². The van der Waals surface area contributed by atoms with Gasteiger partial charge in [0.15, 0.2) is 10.5 Å². The molecule has 0 spiro atoms. The highest BCUT2D eigenvalue weighted by Crippen LogP contribution is 2.23. The molecule has 1 heterocycles. The first-order chi connectivity index (χ1) is 9.75. The molecule has 0 aliphatic rings. The summed E-state index contributed by atoms with van der Waals surface area (Å²) in [5.74, 6) is -0.0507. The van der Waals surface area contributed by atoms with Gasteiger partial charge in [0.25, 0.3) is 0 Å². The van der Waals surface area contributed by atoms with Crippen LogP contribution in [-0.4, -0.2) is 5.78 Å². The molecule has 98 valence electrons. The average Bonchev–Trinajstić information content (AvgIpc) is 2.94. The fourth-order valence-electron chi connectivity index (χ4n) is 2.06. The van der Waals surface area contributed by atoms with E-state index in [0.29, 0.717) is 15.8 Å². The predicted molar refractivity (Wildman–Crippen MR) is 81.7 cm³/mol. The second kappa shape index (κ2) is 5.47. The molecule has 0 aliphatic heterocycles. The van der Waals surface area contributed by atoms with Gasteiger partial charge in [-0.2, -0.15) is 0 Å². The van der Waals surface area contributed by atoms with Gasteiger partial charge >= 0.3 is 0 Å². The lowest BCUT2D eigenvalue weighted by Gasteiger charge is -2.03. The van der Waals surface area contributed by atoms with E-state index in [1.807, 2.05) is 54.6 Å². The first-order valence-electron chi connectivity index (χ1n) is 6.19. The number of furan rings is 1. The molecule has 0 atom stereocenters. The fourth-order valence-corrected chi connectivity index (χ4v) is 2.48. The third-order valence-electron chi connectivity index (χ3n) is 3.12. The molecule has 0 aliphatic carbocycles. The third kappa shape index (κ3) is 2.45. The van der Waals surface area contributed by atoms with Crippen molar-refractivity contribution in [3.63, 3.8) is 0 Å². The number of carbonyl (C=O) groups is 1. The molecule has 3 aromatic rings. The van der Waals surface area contributed by atoms with E-state index in [1.54, 1.807) is 6.07 Å². The Balaban J connectivity index is 1.91. The van der Waals surface area contributed by atoms with Gasteiger partial charge in [-0.25, -0.2) is 0 Å². The van der Waals surface area contributed by atoms with Gasteiger partial charge in [0.05, 0.1) is 11.8 Å². The number of hydrogen-bond acceptors (Lipinski definition) is 2. The van der Waals surface area contributed by atoms with E-state index in [0.717, 1.165) is 11.1 Å². The third-order valence-corrected chi connectivity index (χ3v) is 3.73. The van der Waals surface area contributed by atoms with E-state index in [4.69, 9.17) is 4.42 Å². The van der Waals surface area contributed by atoms with E-state index in [9.17, 15) is 4.79 Å². The Hall–Kier alpha value is -2.13. The van der Waals surface area contributed by atoms with Crippen molar-refractivity contribution in [2.75, 3.05) is 0 Å². The lowest BCUT2D eigenvalue weighted by molar-refractivity contribution is 0.103. The van der Waals surface area contributed by atoms with E-state index in [1.165, 1.54) is 6.26 Å². The van der Waals surface area contributed by atoms with Gasteiger partial charge in [-0.1, -0.05) is 54.6 Å². The zero-order chi connectivity index (χ0) is 13.9. The van der Waals surface area contributed by atoms with Crippen LogP contribution in [0.1, 0.15) is 15.9 Å². The van der Waals surface area contributed by atoms with Crippen LogP contribution in [-0.2, 0) is 0 Å². The largest absolute Gasteiger partial charge is 0.457 e. The first kappa shape index (κ1) is 12.9. The van der Waals surface area contributed by atoms with Crippen LogP contribution >= 0.6 is 15.9 Å². The van der Waals surface area contributed by atoms with Gasteiger partial charge in [-0.15, -0.1) is 0 Å². The van der Waals surface area contributed by atoms with Gasteiger partial charge in [0.1, 0.15) is 0 Å². The summed E-state index contributed by atoms with van der Waals surface area (Å²) >= 11 is 3.23. The number of rotatable bonds is 3. The van der Waals surface area contributed by atoms with E-state index < -0.39 is 0 Å². The van der Waals surface area contributed by atoms with Gasteiger partial charge in [0, 0.05) is 5.56 Å². The number of ketones is 1. The molecule has 0 N–H and O–H groups in total. The Bertz CT molecular complexity index is 727. The predicted octanol–water partition coefficient (Wildman–Crippen LogP) is 4.94. The number of carbonyl (C=O) groups excluding carboxylic acids is 1. The fraction of sp³-hybridized carbons (Fsp3) is 0. The minimum Gasteiger partial charge on any atom is -0.457 e. The smallest absolute Gasteiger partial charge is 0.197 e. The summed E-state index contributed by atoms with van der Waals surface area (Å²) in [6.45, 7) is 0. The molecule has 0 saturated carbocycles. The molecule has 0 unspecified atom stereocenters. The summed E-state index contributed by atoms with van der Waals surface area (Å²) in [5, 5.41) is 0. The Morgan fingerprint density at radius 3 is 2.10 bits per heavy atom. The molecule has 20 heavy (non-hydrogen) atoms. The van der Waals surface area contributed by atoms with Gasteiger partial charge in [0.2, 0.25) is 0 Å². The maximum Gasteiger partial charge on any atom is 0.197 e. The van der Waals surface area contributed by atoms with Crippen LogP contribution in [0.2, 0.25) is 0 Å². The summed E-state index contributed by atoms with van der Waals surface area (Å²) < 4.78 is 5.56. The van der Waals surface area contributed by atoms with Crippen molar-refractivity contribution in [2.24, 2.45) is 0 Å². The van der Waals surface area contributed by atoms with Crippen LogP contribution in [0.3, 0.4) is 0 Å². The first-order valence-corrected chi connectivity index (χ1v) is 6.98. The second-order valence-electron chi connectivity index (χ2n) is 4.38. The lowest BCUT2D eigenvalue weighted by atomic mass is 10.0. The van der Waals surface area contributed by atoms with Crippen molar-refractivity contribution < 1.29 is 9.21 Å². The quantitative estimate of drug-likeness (QED) is 0.638. The molecule has 0 bridgehead atoms. The van der Waals surface area contributed by atoms with E-state index in [-0.39, 0.29) is 5.78 Å². The summed E-state index contributed by atoms with van der Waals surface area (Å²) in [4.78, 5) is 12.3. The number of benzene rings is 2. The maximum atomic E-state index is 12.3. The summed E-state index contributed by atoms with van der Waals surface area (Å²) in [6, 6.07) is 19.3. The number of hydrogen-bond donors (Lipinski definition) is 0. The van der Waals surface area contributed by atoms with Crippen molar-refractivity contribution >= 4 is 21.7 Å². The highest BCUT2D eigenvalue weighted by Gasteiger charge is 2.14. The van der Waals surface area contributed by atoms with Crippen LogP contribution in [0.15, 0.2) is 76.0 Å². The van der Waals surface area contributed by atoms with Crippen molar-refractivity contribution in [3.8, 4) is 11.1 Å². The molecule has 2 nitrogen and oxygen atoms in total. The molecule has 0 saturated heterocycles. The Kier molecular flexibility index (Phi) is 3.52. The highest BCUT2D eigenvalue weighted by atomic mass is 79.9. The Morgan fingerprint density at radius 1 is 0.850 bits per heavy atom. The molecule has 3 heteroatoms. The van der Waals surface area contributed by atoms with Crippen LogP contribution in [0, 0.1) is 0 Å². The van der Waals surface area contributed by atoms with Crippen LogP contribution in [0.25, 0.3) is 11.1 Å². The van der Waals surface area contributed by atoms with E-state index in [2.05, 4.69) is 15.9 Å². The van der Waals surface area contributed by atoms with Crippen molar-refractivity contribution in [3.05, 3.63) is 82.7 Å². The molecular formula is C17H11BrO2. The second-order valence-corrected chi connectivity index (χ2v) is 5.10. The lowest BCUT2D eigenvalue weighted by Crippen LogP contribution is -2.00. The minimum atomic E-state index is -0.0507.